The van der Waals surface area contributed by atoms with Crippen molar-refractivity contribution in [2.24, 2.45) is 7.05 Å². The van der Waals surface area contributed by atoms with Crippen LogP contribution in [0.15, 0.2) is 42.6 Å². The van der Waals surface area contributed by atoms with Crippen molar-refractivity contribution < 1.29 is 27.2 Å². The molecule has 0 aliphatic carbocycles. The van der Waals surface area contributed by atoms with Crippen LogP contribution in [-0.4, -0.2) is 10.2 Å². The van der Waals surface area contributed by atoms with Gasteiger partial charge in [-0.2, -0.15) is 0 Å². The molecule has 2 aromatic carbocycles. The van der Waals surface area contributed by atoms with Crippen molar-refractivity contribution in [2.45, 2.75) is 0 Å². The summed E-state index contributed by atoms with van der Waals surface area (Å²) < 4.78 is 1.94. The predicted molar refractivity (Wildman–Crippen MR) is 66.0 cm³/mol. The topological polar surface area (TPSA) is 44.3 Å². The maximum atomic E-state index is 9.88. The number of phenolic OH excluding ortho intramolecular Hbond substituents is 2. The van der Waals surface area contributed by atoms with Crippen LogP contribution in [0.3, 0.4) is 0 Å². The summed E-state index contributed by atoms with van der Waals surface area (Å²) in [7, 11) is 1.92. The molecule has 0 fully saturated rings. The van der Waals surface area contributed by atoms with Crippen LogP contribution in [0.25, 0.3) is 21.7 Å². The summed E-state index contributed by atoms with van der Waals surface area (Å²) in [6.07, 6.45) is 1.83. The normalized spacial score (nSPS) is 10.5. The summed E-state index contributed by atoms with van der Waals surface area (Å²) in [5.41, 5.74) is 1.09. The fourth-order valence-corrected chi connectivity index (χ4v) is 2.23. The third-order valence-electron chi connectivity index (χ3n) is 3.09. The highest BCUT2D eigenvalue weighted by Crippen LogP contribution is 2.35. The van der Waals surface area contributed by atoms with E-state index in [4.69, 9.17) is 0 Å². The molecule has 0 unspecified atom stereocenters. The summed E-state index contributed by atoms with van der Waals surface area (Å²) in [4.78, 5) is 0. The first-order chi connectivity index (χ1) is 8.18. The highest BCUT2D eigenvalue weighted by molar-refractivity contribution is 6.06. The van der Waals surface area contributed by atoms with Crippen molar-refractivity contribution in [3.63, 3.8) is 0 Å². The van der Waals surface area contributed by atoms with Crippen LogP contribution in [0.4, 0.5) is 0 Å². The second-order valence-electron chi connectivity index (χ2n) is 4.15. The van der Waals surface area contributed by atoms with E-state index in [0.717, 1.165) is 16.3 Å². The van der Waals surface area contributed by atoms with Crippen LogP contribution in [-0.2, 0) is 7.05 Å². The van der Waals surface area contributed by atoms with Gasteiger partial charge >= 0.3 is 0 Å². The molecule has 0 saturated heterocycles. The molecule has 0 aliphatic heterocycles. The zero-order valence-electron chi connectivity index (χ0n) is 9.76. The molecule has 0 amide bonds. The Labute approximate surface area is 110 Å². The lowest BCUT2D eigenvalue weighted by Gasteiger charge is -2.05. The number of aromatic hydroxyl groups is 2. The van der Waals surface area contributed by atoms with E-state index < -0.39 is 0 Å². The second-order valence-corrected chi connectivity index (χ2v) is 4.15. The molecule has 0 bridgehead atoms. The monoisotopic (exact) mass is 261 g/mol. The molecule has 4 heteroatoms. The van der Waals surface area contributed by atoms with Gasteiger partial charge in [-0.3, -0.25) is 0 Å². The molecular formula is C14H12ClNO2. The van der Waals surface area contributed by atoms with Gasteiger partial charge in [-0.15, -0.1) is 0 Å². The summed E-state index contributed by atoms with van der Waals surface area (Å²) >= 11 is 0. The van der Waals surface area contributed by atoms with Gasteiger partial charge < -0.3 is 22.6 Å². The Morgan fingerprint density at radius 3 is 2.39 bits per heavy atom. The summed E-state index contributed by atoms with van der Waals surface area (Å²) in [6.45, 7) is 0. The fraction of sp³-hybridized carbons (Fsp3) is 0.0714. The first kappa shape index (κ1) is 12.5. The fourth-order valence-electron chi connectivity index (χ4n) is 2.23. The maximum Gasteiger partial charge on any atom is 0.212 e. The molecule has 3 nitrogen and oxygen atoms in total. The number of phenols is 2. The number of rotatable bonds is 0. The predicted octanol–water partition coefficient (Wildman–Crippen LogP) is -0.767. The Bertz CT molecular complexity index is 741. The molecule has 1 heterocycles. The summed E-state index contributed by atoms with van der Waals surface area (Å²) in [5.74, 6) is -0.156. The minimum absolute atomic E-state index is 0. The Balaban J connectivity index is 0.00000120. The molecule has 0 aliphatic rings. The Hall–Kier alpha value is -2.00. The Kier molecular flexibility index (Phi) is 3.01. The lowest BCUT2D eigenvalue weighted by Crippen LogP contribution is -3.00. The van der Waals surface area contributed by atoms with Crippen LogP contribution in [0.5, 0.6) is 11.5 Å². The van der Waals surface area contributed by atoms with E-state index in [2.05, 4.69) is 0 Å². The van der Waals surface area contributed by atoms with Crippen molar-refractivity contribution in [2.75, 3.05) is 0 Å². The molecule has 2 N–H and O–H groups in total. The number of fused-ring (bicyclic) bond motifs is 3. The summed E-state index contributed by atoms with van der Waals surface area (Å²) in [6, 6.07) is 11.3. The van der Waals surface area contributed by atoms with Crippen molar-refractivity contribution in [1.29, 1.82) is 0 Å². The van der Waals surface area contributed by atoms with Crippen molar-refractivity contribution in [3.05, 3.63) is 42.6 Å². The largest absolute Gasteiger partial charge is 1.00 e. The minimum Gasteiger partial charge on any atom is -1.00 e. The van der Waals surface area contributed by atoms with E-state index in [1.54, 1.807) is 0 Å². The van der Waals surface area contributed by atoms with Crippen molar-refractivity contribution in [3.8, 4) is 11.5 Å². The van der Waals surface area contributed by atoms with E-state index in [-0.39, 0.29) is 23.9 Å². The first-order valence-electron chi connectivity index (χ1n) is 5.40. The van der Waals surface area contributed by atoms with Gasteiger partial charge in [-0.25, -0.2) is 4.57 Å². The molecule has 0 radical (unpaired) electrons. The maximum absolute atomic E-state index is 9.88. The van der Waals surface area contributed by atoms with E-state index in [9.17, 15) is 10.2 Å². The SMILES string of the molecule is C[n+]1cc2c(O)c(O)ccc2c2ccccc21.[Cl-]. The number of aromatic nitrogens is 1. The van der Waals surface area contributed by atoms with Crippen LogP contribution in [0.1, 0.15) is 0 Å². The number of halogens is 1. The average Bonchev–Trinajstić information content (AvgIpc) is 2.35. The molecule has 92 valence electrons. The quantitative estimate of drug-likeness (QED) is 0.317. The zero-order chi connectivity index (χ0) is 12.0. The highest BCUT2D eigenvalue weighted by Gasteiger charge is 2.14. The zero-order valence-corrected chi connectivity index (χ0v) is 10.5. The molecular weight excluding hydrogens is 250 g/mol. The van der Waals surface area contributed by atoms with E-state index >= 15 is 0 Å². The number of hydrogen-bond donors (Lipinski definition) is 2. The van der Waals surface area contributed by atoms with Gasteiger partial charge in [-0.05, 0) is 18.2 Å². The highest BCUT2D eigenvalue weighted by atomic mass is 35.5. The third-order valence-corrected chi connectivity index (χ3v) is 3.09. The minimum atomic E-state index is -0.0900. The van der Waals surface area contributed by atoms with Crippen molar-refractivity contribution >= 4 is 21.7 Å². The number of para-hydroxylation sites is 1. The lowest BCUT2D eigenvalue weighted by atomic mass is 10.1. The summed E-state index contributed by atoms with van der Waals surface area (Å²) in [5, 5.41) is 22.1. The number of benzene rings is 2. The Morgan fingerprint density at radius 2 is 1.61 bits per heavy atom. The van der Waals surface area contributed by atoms with Crippen LogP contribution < -0.4 is 17.0 Å². The van der Waals surface area contributed by atoms with Crippen LogP contribution in [0, 0.1) is 0 Å². The molecule has 0 atom stereocenters. The Morgan fingerprint density at radius 1 is 0.889 bits per heavy atom. The van der Waals surface area contributed by atoms with Crippen LogP contribution in [0.2, 0.25) is 0 Å². The molecule has 0 spiro atoms. The van der Waals surface area contributed by atoms with Gasteiger partial charge in [0.05, 0.1) is 10.8 Å². The van der Waals surface area contributed by atoms with E-state index in [1.165, 1.54) is 6.07 Å². The second kappa shape index (κ2) is 4.35. The average molecular weight is 262 g/mol. The van der Waals surface area contributed by atoms with Crippen molar-refractivity contribution in [1.82, 2.24) is 0 Å². The van der Waals surface area contributed by atoms with Gasteiger partial charge in [0.25, 0.3) is 0 Å². The number of nitrogens with zero attached hydrogens (tertiary/aromatic N) is 1. The van der Waals surface area contributed by atoms with E-state index in [1.807, 2.05) is 48.1 Å². The number of pyridine rings is 1. The number of hydrogen-bond acceptors (Lipinski definition) is 2. The van der Waals surface area contributed by atoms with Gasteiger partial charge in [0.15, 0.2) is 17.7 Å². The smallest absolute Gasteiger partial charge is 0.212 e. The van der Waals surface area contributed by atoms with E-state index in [0.29, 0.717) is 5.39 Å². The van der Waals surface area contributed by atoms with Gasteiger partial charge in [-0.1, -0.05) is 12.1 Å². The number of aryl methyl sites for hydroxylation is 1. The van der Waals surface area contributed by atoms with Crippen LogP contribution >= 0.6 is 0 Å². The molecule has 18 heavy (non-hydrogen) atoms. The van der Waals surface area contributed by atoms with Gasteiger partial charge in [0.1, 0.15) is 7.05 Å². The lowest BCUT2D eigenvalue weighted by molar-refractivity contribution is -0.643. The van der Waals surface area contributed by atoms with Gasteiger partial charge in [0, 0.05) is 11.5 Å². The third kappa shape index (κ3) is 1.64. The standard InChI is InChI=1S/C14H11NO2.ClH/c1-15-8-11-9(6-7-13(16)14(11)17)10-4-2-3-5-12(10)15;/h2-8,16H,1H3;1H. The molecule has 3 aromatic rings. The first-order valence-corrected chi connectivity index (χ1v) is 5.40. The molecule has 3 rings (SSSR count). The molecule has 0 saturated carbocycles. The molecule has 1 aromatic heterocycles. The van der Waals surface area contributed by atoms with Gasteiger partial charge in [0.2, 0.25) is 5.52 Å².